The number of hydrogen-bond acceptors (Lipinski definition) is 5. The van der Waals surface area contributed by atoms with Crippen molar-refractivity contribution >= 4 is 11.6 Å². The summed E-state index contributed by atoms with van der Waals surface area (Å²) in [5.74, 6) is -0.226. The second kappa shape index (κ2) is 8.18. The van der Waals surface area contributed by atoms with Crippen LogP contribution in [0.2, 0.25) is 0 Å². The van der Waals surface area contributed by atoms with Gasteiger partial charge in [0.05, 0.1) is 11.0 Å². The van der Waals surface area contributed by atoms with Crippen LogP contribution in [0.15, 0.2) is 36.7 Å². The highest BCUT2D eigenvalue weighted by Gasteiger charge is 2.13. The summed E-state index contributed by atoms with van der Waals surface area (Å²) in [5, 5.41) is 17.1. The first-order chi connectivity index (χ1) is 11.8. The van der Waals surface area contributed by atoms with Gasteiger partial charge in [0.1, 0.15) is 18.1 Å². The molecule has 0 fully saturated rings. The zero-order chi connectivity index (χ0) is 18.4. The Balaban J connectivity index is 1.83. The van der Waals surface area contributed by atoms with Crippen LogP contribution in [0.3, 0.4) is 0 Å². The summed E-state index contributed by atoms with van der Waals surface area (Å²) in [4.78, 5) is 21.9. The zero-order valence-corrected chi connectivity index (χ0v) is 13.3. The van der Waals surface area contributed by atoms with Crippen molar-refractivity contribution in [1.29, 1.82) is 0 Å². The largest absolute Gasteiger partial charge is 0.435 e. The van der Waals surface area contributed by atoms with Crippen molar-refractivity contribution in [3.05, 3.63) is 52.3 Å². The van der Waals surface area contributed by atoms with Gasteiger partial charge >= 0.3 is 12.3 Å². The molecule has 1 amide bonds. The highest BCUT2D eigenvalue weighted by molar-refractivity contribution is 5.76. The maximum absolute atomic E-state index is 12.1. The van der Waals surface area contributed by atoms with Crippen LogP contribution in [-0.4, -0.2) is 27.2 Å². The molecule has 1 N–H and O–H groups in total. The van der Waals surface area contributed by atoms with Gasteiger partial charge in [-0.1, -0.05) is 12.1 Å². The number of aryl methyl sites for hydroxylation is 1. The molecule has 25 heavy (non-hydrogen) atoms. The number of hydrogen-bond donors (Lipinski definition) is 1. The van der Waals surface area contributed by atoms with E-state index in [2.05, 4.69) is 15.2 Å². The molecular formula is C15H16F2N4O4. The van der Waals surface area contributed by atoms with Crippen LogP contribution in [0.4, 0.5) is 14.5 Å². The van der Waals surface area contributed by atoms with E-state index in [1.54, 1.807) is 19.1 Å². The molecule has 0 saturated heterocycles. The summed E-state index contributed by atoms with van der Waals surface area (Å²) in [7, 11) is 0. The Hall–Kier alpha value is -3.04. The van der Waals surface area contributed by atoms with Gasteiger partial charge in [-0.25, -0.2) is 0 Å². The van der Waals surface area contributed by atoms with Crippen LogP contribution in [-0.2, 0) is 11.3 Å². The van der Waals surface area contributed by atoms with Crippen molar-refractivity contribution < 1.29 is 23.2 Å². The van der Waals surface area contributed by atoms with E-state index in [1.165, 1.54) is 23.0 Å². The number of rotatable bonds is 8. The van der Waals surface area contributed by atoms with Gasteiger partial charge in [-0.2, -0.15) is 13.9 Å². The number of benzene rings is 1. The molecule has 1 aromatic carbocycles. The Labute approximate surface area is 141 Å². The highest BCUT2D eigenvalue weighted by Crippen LogP contribution is 2.19. The smallest absolute Gasteiger partial charge is 0.387 e. The zero-order valence-electron chi connectivity index (χ0n) is 13.3. The molecule has 1 heterocycles. The van der Waals surface area contributed by atoms with E-state index in [-0.39, 0.29) is 36.4 Å². The predicted molar refractivity (Wildman–Crippen MR) is 83.1 cm³/mol. The number of aromatic nitrogens is 2. The Morgan fingerprint density at radius 2 is 2.08 bits per heavy atom. The average molecular weight is 354 g/mol. The first-order valence-electron chi connectivity index (χ1n) is 7.36. The molecule has 2 aromatic rings. The monoisotopic (exact) mass is 354 g/mol. The van der Waals surface area contributed by atoms with Crippen LogP contribution >= 0.6 is 0 Å². The van der Waals surface area contributed by atoms with Gasteiger partial charge in [0.25, 0.3) is 0 Å². The number of amides is 1. The summed E-state index contributed by atoms with van der Waals surface area (Å²) in [5.41, 5.74) is 0.588. The molecular weight excluding hydrogens is 338 g/mol. The van der Waals surface area contributed by atoms with Crippen molar-refractivity contribution in [3.8, 4) is 5.75 Å². The number of nitro groups is 1. The maximum Gasteiger partial charge on any atom is 0.387 e. The molecule has 10 heteroatoms. The van der Waals surface area contributed by atoms with Gasteiger partial charge in [-0.15, -0.1) is 0 Å². The summed E-state index contributed by atoms with van der Waals surface area (Å²) >= 11 is 0. The molecule has 8 nitrogen and oxygen atoms in total. The second-order valence-corrected chi connectivity index (χ2v) is 5.21. The number of carbonyl (C=O) groups is 1. The van der Waals surface area contributed by atoms with E-state index in [0.717, 1.165) is 11.8 Å². The number of carbonyl (C=O) groups excluding carboxylic acids is 1. The van der Waals surface area contributed by atoms with E-state index < -0.39 is 11.5 Å². The number of halogens is 2. The normalized spacial score (nSPS) is 12.0. The molecule has 0 spiro atoms. The summed E-state index contributed by atoms with van der Waals surface area (Å²) < 4.78 is 29.8. The number of nitrogens with zero attached hydrogens (tertiary/aromatic N) is 3. The van der Waals surface area contributed by atoms with Crippen molar-refractivity contribution in [3.63, 3.8) is 0 Å². The SMILES string of the molecule is CC(NC(=O)CCn1cc([N+](=O)[O-])cn1)c1ccc(OC(F)F)cc1. The number of alkyl halides is 2. The standard InChI is InChI=1S/C15H16F2N4O4/c1-10(11-2-4-13(5-3-11)25-15(16)17)19-14(22)6-7-20-9-12(8-18-20)21(23)24/h2-5,8-10,15H,6-7H2,1H3,(H,19,22). The molecule has 0 aliphatic heterocycles. The van der Waals surface area contributed by atoms with Crippen LogP contribution in [0, 0.1) is 10.1 Å². The van der Waals surface area contributed by atoms with E-state index in [1.807, 2.05) is 0 Å². The first-order valence-corrected chi connectivity index (χ1v) is 7.36. The molecule has 1 aromatic heterocycles. The predicted octanol–water partition coefficient (Wildman–Crippen LogP) is 2.66. The fourth-order valence-electron chi connectivity index (χ4n) is 2.12. The topological polar surface area (TPSA) is 99.3 Å². The van der Waals surface area contributed by atoms with Crippen LogP contribution in [0.5, 0.6) is 5.75 Å². The third-order valence-corrected chi connectivity index (χ3v) is 3.38. The van der Waals surface area contributed by atoms with Crippen molar-refractivity contribution in [1.82, 2.24) is 15.1 Å². The third kappa shape index (κ3) is 5.52. The third-order valence-electron chi connectivity index (χ3n) is 3.38. The minimum absolute atomic E-state index is 0.0394. The van der Waals surface area contributed by atoms with Crippen molar-refractivity contribution in [2.24, 2.45) is 0 Å². The molecule has 134 valence electrons. The lowest BCUT2D eigenvalue weighted by Crippen LogP contribution is -2.27. The van der Waals surface area contributed by atoms with E-state index in [9.17, 15) is 23.7 Å². The summed E-state index contributed by atoms with van der Waals surface area (Å²) in [6, 6.07) is 5.62. The van der Waals surface area contributed by atoms with Gasteiger partial charge in [0.2, 0.25) is 5.91 Å². The van der Waals surface area contributed by atoms with Crippen molar-refractivity contribution in [2.75, 3.05) is 0 Å². The molecule has 1 unspecified atom stereocenters. The van der Waals surface area contributed by atoms with E-state index >= 15 is 0 Å². The van der Waals surface area contributed by atoms with Gasteiger partial charge in [0.15, 0.2) is 0 Å². The Morgan fingerprint density at radius 1 is 1.40 bits per heavy atom. The second-order valence-electron chi connectivity index (χ2n) is 5.21. The molecule has 1 atom stereocenters. The lowest BCUT2D eigenvalue weighted by Gasteiger charge is -2.15. The fourth-order valence-corrected chi connectivity index (χ4v) is 2.12. The average Bonchev–Trinajstić information content (AvgIpc) is 3.02. The number of ether oxygens (including phenoxy) is 1. The molecule has 0 bridgehead atoms. The maximum atomic E-state index is 12.1. The minimum atomic E-state index is -2.89. The van der Waals surface area contributed by atoms with Gasteiger partial charge in [-0.05, 0) is 24.6 Å². The highest BCUT2D eigenvalue weighted by atomic mass is 19.3. The summed E-state index contributed by atoms with van der Waals surface area (Å²) in [6.45, 7) is -0.936. The minimum Gasteiger partial charge on any atom is -0.435 e. The number of nitrogens with one attached hydrogen (secondary N) is 1. The van der Waals surface area contributed by atoms with Gasteiger partial charge in [0, 0.05) is 13.0 Å². The Kier molecular flexibility index (Phi) is 5.98. The first kappa shape index (κ1) is 18.3. The van der Waals surface area contributed by atoms with Crippen molar-refractivity contribution in [2.45, 2.75) is 32.5 Å². The lowest BCUT2D eigenvalue weighted by molar-refractivity contribution is -0.385. The van der Waals surface area contributed by atoms with Crippen LogP contribution in [0.1, 0.15) is 24.9 Å². The fraction of sp³-hybridized carbons (Fsp3) is 0.333. The molecule has 0 saturated carbocycles. The quantitative estimate of drug-likeness (QED) is 0.580. The van der Waals surface area contributed by atoms with E-state index in [4.69, 9.17) is 0 Å². The Bertz CT molecular complexity index is 733. The van der Waals surface area contributed by atoms with Gasteiger partial charge < -0.3 is 10.1 Å². The molecule has 2 rings (SSSR count). The Morgan fingerprint density at radius 3 is 2.64 bits per heavy atom. The molecule has 0 aliphatic carbocycles. The van der Waals surface area contributed by atoms with Crippen LogP contribution < -0.4 is 10.1 Å². The summed E-state index contributed by atoms with van der Waals surface area (Å²) in [6.07, 6.45) is 2.46. The van der Waals surface area contributed by atoms with Gasteiger partial charge in [-0.3, -0.25) is 19.6 Å². The molecule has 0 radical (unpaired) electrons. The van der Waals surface area contributed by atoms with Crippen LogP contribution in [0.25, 0.3) is 0 Å². The van der Waals surface area contributed by atoms with E-state index in [0.29, 0.717) is 0 Å². The molecule has 0 aliphatic rings. The lowest BCUT2D eigenvalue weighted by atomic mass is 10.1.